The molecule has 3 aromatic rings. The van der Waals surface area contributed by atoms with Crippen LogP contribution in [0.5, 0.6) is 5.75 Å². The second-order valence-corrected chi connectivity index (χ2v) is 7.47. The molecule has 29 heavy (non-hydrogen) atoms. The highest BCUT2D eigenvalue weighted by atomic mass is 79.9. The fourth-order valence-corrected chi connectivity index (χ4v) is 4.32. The zero-order valence-electron chi connectivity index (χ0n) is 16.2. The summed E-state index contributed by atoms with van der Waals surface area (Å²) in [4.78, 5) is 22.8. The number of nitro benzene ring substituents is 1. The zero-order chi connectivity index (χ0) is 21.3. The molecule has 0 aliphatic carbocycles. The number of hydrogen-bond acceptors (Lipinski definition) is 4. The van der Waals surface area contributed by atoms with Crippen LogP contribution in [-0.2, 0) is 6.54 Å². The van der Waals surface area contributed by atoms with Gasteiger partial charge in [-0.15, -0.1) is 0 Å². The number of halogens is 1. The lowest BCUT2D eigenvalue weighted by Gasteiger charge is -2.11. The number of rotatable bonds is 6. The summed E-state index contributed by atoms with van der Waals surface area (Å²) >= 11 is 3.53. The summed E-state index contributed by atoms with van der Waals surface area (Å²) in [5.41, 5.74) is 10.2. The van der Waals surface area contributed by atoms with Crippen molar-refractivity contribution < 1.29 is 14.5 Å². The predicted octanol–water partition coefficient (Wildman–Crippen LogP) is 4.60. The van der Waals surface area contributed by atoms with Gasteiger partial charge in [0.2, 0.25) is 0 Å². The zero-order valence-corrected chi connectivity index (χ0v) is 17.8. The Morgan fingerprint density at radius 3 is 2.38 bits per heavy atom. The van der Waals surface area contributed by atoms with Gasteiger partial charge in [0, 0.05) is 29.9 Å². The molecule has 0 aliphatic rings. The number of nitrogens with zero attached hydrogens (tertiary/aromatic N) is 2. The lowest BCUT2D eigenvalue weighted by Crippen LogP contribution is -2.18. The number of nitro groups is 1. The summed E-state index contributed by atoms with van der Waals surface area (Å²) in [6.45, 7) is 4.15. The minimum absolute atomic E-state index is 0.0211. The van der Waals surface area contributed by atoms with Crippen LogP contribution in [0.1, 0.15) is 27.3 Å². The van der Waals surface area contributed by atoms with Gasteiger partial charge in [0.05, 0.1) is 16.5 Å². The molecule has 1 heterocycles. The van der Waals surface area contributed by atoms with Gasteiger partial charge in [-0.3, -0.25) is 14.9 Å². The van der Waals surface area contributed by atoms with Crippen molar-refractivity contribution in [2.75, 3.05) is 7.11 Å². The van der Waals surface area contributed by atoms with Crippen LogP contribution in [0.4, 0.5) is 5.69 Å². The first-order valence-corrected chi connectivity index (χ1v) is 9.60. The largest absolute Gasteiger partial charge is 0.497 e. The van der Waals surface area contributed by atoms with Gasteiger partial charge in [0.25, 0.3) is 11.6 Å². The first-order chi connectivity index (χ1) is 13.7. The number of ether oxygens (including phenoxy) is 1. The first kappa shape index (κ1) is 20.6. The van der Waals surface area contributed by atoms with E-state index in [2.05, 4.69) is 15.9 Å². The van der Waals surface area contributed by atoms with Crippen LogP contribution in [0, 0.1) is 24.0 Å². The second kappa shape index (κ2) is 8.08. The molecule has 0 spiro atoms. The van der Waals surface area contributed by atoms with Crippen LogP contribution in [0.3, 0.4) is 0 Å². The topological polar surface area (TPSA) is 100 Å². The number of benzene rings is 2. The average Bonchev–Trinajstić information content (AvgIpc) is 2.92. The Labute approximate surface area is 176 Å². The van der Waals surface area contributed by atoms with Crippen molar-refractivity contribution in [2.45, 2.75) is 20.4 Å². The molecule has 0 aliphatic heterocycles. The number of methoxy groups -OCH3 is 1. The van der Waals surface area contributed by atoms with Gasteiger partial charge in [0.15, 0.2) is 0 Å². The highest BCUT2D eigenvalue weighted by Gasteiger charge is 2.25. The van der Waals surface area contributed by atoms with E-state index in [0.717, 1.165) is 33.7 Å². The molecule has 3 rings (SSSR count). The first-order valence-electron chi connectivity index (χ1n) is 8.81. The molecule has 0 fully saturated rings. The van der Waals surface area contributed by atoms with Crippen molar-refractivity contribution in [1.29, 1.82) is 0 Å². The summed E-state index contributed by atoms with van der Waals surface area (Å²) in [5, 5.41) is 11.1. The van der Waals surface area contributed by atoms with Crippen LogP contribution in [0.25, 0.3) is 11.1 Å². The molecule has 0 unspecified atom stereocenters. The van der Waals surface area contributed by atoms with E-state index in [1.807, 2.05) is 35.8 Å². The number of primary amides is 1. The monoisotopic (exact) mass is 457 g/mol. The summed E-state index contributed by atoms with van der Waals surface area (Å²) in [6.07, 6.45) is 0. The summed E-state index contributed by atoms with van der Waals surface area (Å²) in [6, 6.07) is 12.2. The SMILES string of the molecule is COc1ccc(Cn2c(C)c(-c3ccc([N+](=O)[O-])cc3C)c(Br)c2C(N)=O)cc1. The van der Waals surface area contributed by atoms with Gasteiger partial charge in [-0.1, -0.05) is 12.1 Å². The average molecular weight is 458 g/mol. The Kier molecular flexibility index (Phi) is 5.74. The maximum absolute atomic E-state index is 12.2. The fraction of sp³-hybridized carbons (Fsp3) is 0.190. The van der Waals surface area contributed by atoms with Gasteiger partial charge >= 0.3 is 0 Å². The number of amides is 1. The van der Waals surface area contributed by atoms with E-state index in [9.17, 15) is 14.9 Å². The van der Waals surface area contributed by atoms with Crippen molar-refractivity contribution in [2.24, 2.45) is 5.73 Å². The molecule has 0 bridgehead atoms. The Balaban J connectivity index is 2.14. The van der Waals surface area contributed by atoms with Crippen LogP contribution >= 0.6 is 15.9 Å². The molecule has 0 radical (unpaired) electrons. The third-order valence-corrected chi connectivity index (χ3v) is 5.66. The molecule has 8 heteroatoms. The van der Waals surface area contributed by atoms with Gasteiger partial charge in [-0.25, -0.2) is 0 Å². The summed E-state index contributed by atoms with van der Waals surface area (Å²) < 4.78 is 7.62. The number of aromatic nitrogens is 1. The fourth-order valence-electron chi connectivity index (χ4n) is 3.41. The molecular formula is C21H20BrN3O4. The lowest BCUT2D eigenvalue weighted by atomic mass is 10.00. The Morgan fingerprint density at radius 1 is 1.21 bits per heavy atom. The van der Waals surface area contributed by atoms with E-state index in [4.69, 9.17) is 10.5 Å². The third-order valence-electron chi connectivity index (χ3n) is 4.89. The summed E-state index contributed by atoms with van der Waals surface area (Å²) in [7, 11) is 1.60. The maximum Gasteiger partial charge on any atom is 0.269 e. The van der Waals surface area contributed by atoms with Crippen LogP contribution in [0.2, 0.25) is 0 Å². The lowest BCUT2D eigenvalue weighted by molar-refractivity contribution is -0.384. The normalized spacial score (nSPS) is 10.8. The minimum Gasteiger partial charge on any atom is -0.497 e. The molecule has 0 saturated heterocycles. The molecule has 1 amide bonds. The second-order valence-electron chi connectivity index (χ2n) is 6.68. The van der Waals surface area contributed by atoms with Crippen LogP contribution in [0.15, 0.2) is 46.9 Å². The van der Waals surface area contributed by atoms with Gasteiger partial charge in [-0.05, 0) is 64.7 Å². The van der Waals surface area contributed by atoms with Crippen molar-refractivity contribution in [3.8, 4) is 16.9 Å². The van der Waals surface area contributed by atoms with E-state index in [0.29, 0.717) is 16.7 Å². The third kappa shape index (κ3) is 3.88. The van der Waals surface area contributed by atoms with Crippen LogP contribution in [-0.4, -0.2) is 22.5 Å². The van der Waals surface area contributed by atoms with E-state index in [1.54, 1.807) is 20.1 Å². The van der Waals surface area contributed by atoms with Crippen molar-refractivity contribution >= 4 is 27.5 Å². The quantitative estimate of drug-likeness (QED) is 0.431. The summed E-state index contributed by atoms with van der Waals surface area (Å²) in [5.74, 6) is 0.191. The molecule has 2 aromatic carbocycles. The van der Waals surface area contributed by atoms with E-state index in [1.165, 1.54) is 12.1 Å². The highest BCUT2D eigenvalue weighted by Crippen LogP contribution is 2.39. The molecule has 2 N–H and O–H groups in total. The Bertz CT molecular complexity index is 1100. The highest BCUT2D eigenvalue weighted by molar-refractivity contribution is 9.10. The predicted molar refractivity (Wildman–Crippen MR) is 114 cm³/mol. The molecular weight excluding hydrogens is 438 g/mol. The van der Waals surface area contributed by atoms with Crippen molar-refractivity contribution in [1.82, 2.24) is 4.57 Å². The molecule has 7 nitrogen and oxygen atoms in total. The maximum atomic E-state index is 12.2. The smallest absolute Gasteiger partial charge is 0.269 e. The van der Waals surface area contributed by atoms with Gasteiger partial charge < -0.3 is 15.0 Å². The van der Waals surface area contributed by atoms with Gasteiger partial charge in [0.1, 0.15) is 11.4 Å². The minimum atomic E-state index is -0.556. The van der Waals surface area contributed by atoms with Crippen molar-refractivity contribution in [3.63, 3.8) is 0 Å². The Hall–Kier alpha value is -3.13. The number of non-ortho nitro benzene ring substituents is 1. The number of aryl methyl sites for hydroxylation is 1. The Morgan fingerprint density at radius 2 is 1.86 bits per heavy atom. The molecule has 0 saturated carbocycles. The number of carbonyl (C=O) groups is 1. The van der Waals surface area contributed by atoms with E-state index in [-0.39, 0.29) is 5.69 Å². The molecule has 150 valence electrons. The van der Waals surface area contributed by atoms with Gasteiger partial charge in [-0.2, -0.15) is 0 Å². The molecule has 0 atom stereocenters. The number of nitrogens with two attached hydrogens (primary N) is 1. The van der Waals surface area contributed by atoms with E-state index < -0.39 is 10.8 Å². The van der Waals surface area contributed by atoms with Crippen molar-refractivity contribution in [3.05, 3.63) is 79.6 Å². The number of carbonyl (C=O) groups excluding carboxylic acids is 1. The number of hydrogen-bond donors (Lipinski definition) is 1. The van der Waals surface area contributed by atoms with Crippen LogP contribution < -0.4 is 10.5 Å². The van der Waals surface area contributed by atoms with E-state index >= 15 is 0 Å². The molecule has 1 aromatic heterocycles. The standard InChI is InChI=1S/C21H20BrN3O4/c1-12-10-15(25(27)28)6-9-17(12)18-13(2)24(20(19(18)22)21(23)26)11-14-4-7-16(29-3)8-5-14/h4-10H,11H2,1-3H3,(H2,23,26).